The highest BCUT2D eigenvalue weighted by atomic mass is 16.5. The minimum absolute atomic E-state index is 0.180. The smallest absolute Gasteiger partial charge is 0.0718 e. The van der Waals surface area contributed by atoms with Gasteiger partial charge in [-0.1, -0.05) is 6.92 Å². The van der Waals surface area contributed by atoms with Gasteiger partial charge in [-0.3, -0.25) is 0 Å². The molecule has 15 heavy (non-hydrogen) atoms. The van der Waals surface area contributed by atoms with Gasteiger partial charge in [0.2, 0.25) is 0 Å². The van der Waals surface area contributed by atoms with Crippen molar-refractivity contribution in [3.8, 4) is 0 Å². The van der Waals surface area contributed by atoms with E-state index in [4.69, 9.17) is 4.74 Å². The van der Waals surface area contributed by atoms with Gasteiger partial charge in [0.15, 0.2) is 0 Å². The zero-order valence-corrected chi connectivity index (χ0v) is 9.69. The first-order valence-corrected chi connectivity index (χ1v) is 6.24. The van der Waals surface area contributed by atoms with Crippen LogP contribution in [0.5, 0.6) is 0 Å². The second kappa shape index (κ2) is 5.28. The second-order valence-corrected chi connectivity index (χ2v) is 5.17. The van der Waals surface area contributed by atoms with E-state index in [1.54, 1.807) is 0 Å². The molecule has 1 N–H and O–H groups in total. The standard InChI is InChI=1S/C12H23NO2/c1-10-2-5-13(6-3-10)8-12(14)11-4-7-15-9-11/h10-12,14H,2-9H2,1H3. The summed E-state index contributed by atoms with van der Waals surface area (Å²) < 4.78 is 5.31. The van der Waals surface area contributed by atoms with Crippen LogP contribution in [0.2, 0.25) is 0 Å². The van der Waals surface area contributed by atoms with Crippen molar-refractivity contribution in [2.24, 2.45) is 11.8 Å². The van der Waals surface area contributed by atoms with Crippen LogP contribution in [0.3, 0.4) is 0 Å². The average molecular weight is 213 g/mol. The lowest BCUT2D eigenvalue weighted by atomic mass is 9.97. The average Bonchev–Trinajstić information content (AvgIpc) is 2.74. The molecule has 2 rings (SSSR count). The molecule has 0 aromatic carbocycles. The van der Waals surface area contributed by atoms with Crippen LogP contribution in [-0.4, -0.2) is 49.0 Å². The predicted octanol–water partition coefficient (Wildman–Crippen LogP) is 1.12. The summed E-state index contributed by atoms with van der Waals surface area (Å²) in [6, 6.07) is 0. The van der Waals surface area contributed by atoms with Crippen LogP contribution in [0.4, 0.5) is 0 Å². The third-order valence-corrected chi connectivity index (χ3v) is 3.83. The summed E-state index contributed by atoms with van der Waals surface area (Å²) in [7, 11) is 0. The first-order chi connectivity index (χ1) is 7.25. The number of hydrogen-bond acceptors (Lipinski definition) is 3. The Kier molecular flexibility index (Phi) is 4.00. The van der Waals surface area contributed by atoms with Crippen LogP contribution in [0, 0.1) is 11.8 Å². The molecule has 3 nitrogen and oxygen atoms in total. The highest BCUT2D eigenvalue weighted by Crippen LogP contribution is 2.20. The summed E-state index contributed by atoms with van der Waals surface area (Å²) in [5, 5.41) is 10.0. The molecule has 2 atom stereocenters. The second-order valence-electron chi connectivity index (χ2n) is 5.17. The van der Waals surface area contributed by atoms with E-state index in [0.717, 1.165) is 45.2 Å². The molecule has 0 saturated carbocycles. The molecule has 0 amide bonds. The van der Waals surface area contributed by atoms with Gasteiger partial charge in [-0.25, -0.2) is 0 Å². The van der Waals surface area contributed by atoms with Crippen molar-refractivity contribution >= 4 is 0 Å². The summed E-state index contributed by atoms with van der Waals surface area (Å²) in [5.41, 5.74) is 0. The van der Waals surface area contributed by atoms with Crippen LogP contribution in [0.15, 0.2) is 0 Å². The van der Waals surface area contributed by atoms with Crippen LogP contribution < -0.4 is 0 Å². The molecule has 0 radical (unpaired) electrons. The van der Waals surface area contributed by atoms with Gasteiger partial charge < -0.3 is 14.7 Å². The Morgan fingerprint density at radius 1 is 1.33 bits per heavy atom. The lowest BCUT2D eigenvalue weighted by Crippen LogP contribution is -2.41. The van der Waals surface area contributed by atoms with E-state index < -0.39 is 0 Å². The quantitative estimate of drug-likeness (QED) is 0.762. The maximum Gasteiger partial charge on any atom is 0.0718 e. The van der Waals surface area contributed by atoms with Gasteiger partial charge >= 0.3 is 0 Å². The summed E-state index contributed by atoms with van der Waals surface area (Å²) in [4.78, 5) is 2.41. The molecule has 2 aliphatic heterocycles. The zero-order valence-electron chi connectivity index (χ0n) is 9.69. The maximum atomic E-state index is 10.0. The maximum absolute atomic E-state index is 10.0. The van der Waals surface area contributed by atoms with E-state index in [1.165, 1.54) is 12.8 Å². The van der Waals surface area contributed by atoms with E-state index in [-0.39, 0.29) is 6.10 Å². The van der Waals surface area contributed by atoms with Crippen molar-refractivity contribution in [2.45, 2.75) is 32.3 Å². The normalized spacial score (nSPS) is 32.0. The number of likely N-dealkylation sites (tertiary alicyclic amines) is 1. The van der Waals surface area contributed by atoms with E-state index in [9.17, 15) is 5.11 Å². The molecular formula is C12H23NO2. The molecule has 2 aliphatic rings. The monoisotopic (exact) mass is 213 g/mol. The van der Waals surface area contributed by atoms with Gasteiger partial charge in [0, 0.05) is 19.1 Å². The van der Waals surface area contributed by atoms with Gasteiger partial charge in [0.05, 0.1) is 12.7 Å². The first kappa shape index (κ1) is 11.4. The fourth-order valence-corrected chi connectivity index (χ4v) is 2.51. The third kappa shape index (κ3) is 3.16. The minimum Gasteiger partial charge on any atom is -0.391 e. The molecule has 2 fully saturated rings. The fourth-order valence-electron chi connectivity index (χ4n) is 2.51. The Morgan fingerprint density at radius 3 is 2.67 bits per heavy atom. The first-order valence-electron chi connectivity index (χ1n) is 6.24. The number of piperidine rings is 1. The van der Waals surface area contributed by atoms with Crippen LogP contribution in [0.25, 0.3) is 0 Å². The molecule has 0 spiro atoms. The SMILES string of the molecule is CC1CCN(CC(O)C2CCOC2)CC1. The molecule has 2 unspecified atom stereocenters. The summed E-state index contributed by atoms with van der Waals surface area (Å²) in [6.07, 6.45) is 3.42. The van der Waals surface area contributed by atoms with E-state index in [2.05, 4.69) is 11.8 Å². The molecule has 2 saturated heterocycles. The molecule has 3 heteroatoms. The van der Waals surface area contributed by atoms with Gasteiger partial charge in [0.1, 0.15) is 0 Å². The highest BCUT2D eigenvalue weighted by molar-refractivity contribution is 4.78. The summed E-state index contributed by atoms with van der Waals surface area (Å²) in [6.45, 7) is 7.07. The summed E-state index contributed by atoms with van der Waals surface area (Å²) >= 11 is 0. The summed E-state index contributed by atoms with van der Waals surface area (Å²) in [5.74, 6) is 1.25. The molecule has 0 bridgehead atoms. The lowest BCUT2D eigenvalue weighted by molar-refractivity contribution is 0.0452. The number of aliphatic hydroxyl groups is 1. The van der Waals surface area contributed by atoms with Gasteiger partial charge in [-0.05, 0) is 38.3 Å². The number of hydrogen-bond donors (Lipinski definition) is 1. The molecular weight excluding hydrogens is 190 g/mol. The lowest BCUT2D eigenvalue weighted by Gasteiger charge is -2.32. The largest absolute Gasteiger partial charge is 0.391 e. The predicted molar refractivity (Wildman–Crippen MR) is 59.8 cm³/mol. The number of rotatable bonds is 3. The van der Waals surface area contributed by atoms with Gasteiger partial charge in [-0.15, -0.1) is 0 Å². The Labute approximate surface area is 92.4 Å². The van der Waals surface area contributed by atoms with Crippen LogP contribution in [0.1, 0.15) is 26.2 Å². The van der Waals surface area contributed by atoms with Crippen molar-refractivity contribution in [3.05, 3.63) is 0 Å². The number of aliphatic hydroxyl groups excluding tert-OH is 1. The van der Waals surface area contributed by atoms with E-state index in [0.29, 0.717) is 5.92 Å². The molecule has 2 heterocycles. The van der Waals surface area contributed by atoms with Crippen LogP contribution >= 0.6 is 0 Å². The van der Waals surface area contributed by atoms with Crippen molar-refractivity contribution in [3.63, 3.8) is 0 Å². The van der Waals surface area contributed by atoms with Crippen LogP contribution in [-0.2, 0) is 4.74 Å². The van der Waals surface area contributed by atoms with Gasteiger partial charge in [0.25, 0.3) is 0 Å². The molecule has 0 aromatic heterocycles. The third-order valence-electron chi connectivity index (χ3n) is 3.83. The Morgan fingerprint density at radius 2 is 2.07 bits per heavy atom. The fraction of sp³-hybridized carbons (Fsp3) is 1.00. The Hall–Kier alpha value is -0.120. The van der Waals surface area contributed by atoms with E-state index in [1.807, 2.05) is 0 Å². The highest BCUT2D eigenvalue weighted by Gasteiger charge is 2.26. The molecule has 88 valence electrons. The number of ether oxygens (including phenoxy) is 1. The molecule has 0 aliphatic carbocycles. The zero-order chi connectivity index (χ0) is 10.7. The van der Waals surface area contributed by atoms with Crippen molar-refractivity contribution in [1.82, 2.24) is 4.90 Å². The number of β-amino-alcohol motifs (C(OH)–C–C–N with tert-alkyl or cyclic N) is 1. The van der Waals surface area contributed by atoms with Crippen molar-refractivity contribution in [1.29, 1.82) is 0 Å². The Bertz CT molecular complexity index is 184. The van der Waals surface area contributed by atoms with Crippen molar-refractivity contribution < 1.29 is 9.84 Å². The van der Waals surface area contributed by atoms with E-state index >= 15 is 0 Å². The topological polar surface area (TPSA) is 32.7 Å². The van der Waals surface area contributed by atoms with Crippen molar-refractivity contribution in [2.75, 3.05) is 32.8 Å². The number of nitrogens with zero attached hydrogens (tertiary/aromatic N) is 1. The Balaban J connectivity index is 1.71. The molecule has 0 aromatic rings. The minimum atomic E-state index is -0.180. The van der Waals surface area contributed by atoms with Gasteiger partial charge in [-0.2, -0.15) is 0 Å².